The molecule has 1 aromatic heterocycles. The zero-order valence-electron chi connectivity index (χ0n) is 12.3. The molecule has 0 fully saturated rings. The summed E-state index contributed by atoms with van der Waals surface area (Å²) in [4.78, 5) is 23.7. The van der Waals surface area contributed by atoms with Gasteiger partial charge in [0.05, 0.1) is 18.6 Å². The van der Waals surface area contributed by atoms with E-state index in [0.717, 1.165) is 18.9 Å². The molecule has 2 aromatic rings. The molecule has 0 radical (unpaired) electrons. The number of unbranched alkanes of at least 4 members (excludes halogenated alkanes) is 1. The van der Waals surface area contributed by atoms with E-state index in [1.165, 1.54) is 0 Å². The summed E-state index contributed by atoms with van der Waals surface area (Å²) >= 11 is 5.60. The minimum absolute atomic E-state index is 0.112. The third kappa shape index (κ3) is 4.01. The Labute approximate surface area is 132 Å². The number of fused-ring (bicyclic) bond motifs is 1. The maximum absolute atomic E-state index is 12.0. The topological polar surface area (TPSA) is 65.7 Å². The van der Waals surface area contributed by atoms with Crippen LogP contribution in [0.3, 0.4) is 0 Å². The Hall–Kier alpha value is -2.01. The molecule has 0 bridgehead atoms. The van der Waals surface area contributed by atoms with Crippen molar-refractivity contribution < 1.29 is 18.7 Å². The Balaban J connectivity index is 2.26. The second-order valence-electron chi connectivity index (χ2n) is 4.60. The molecular formula is C16H17ClO5. The molecule has 0 aliphatic heterocycles. The lowest BCUT2D eigenvalue weighted by Gasteiger charge is -2.07. The van der Waals surface area contributed by atoms with Gasteiger partial charge in [-0.25, -0.2) is 4.79 Å². The summed E-state index contributed by atoms with van der Waals surface area (Å²) in [6.07, 6.45) is 1.71. The predicted molar refractivity (Wildman–Crippen MR) is 83.9 cm³/mol. The molecule has 6 heteroatoms. The van der Waals surface area contributed by atoms with Crippen LogP contribution in [-0.2, 0) is 4.74 Å². The standard InChI is InChI=1S/C16H17ClO5/c1-2-20-16(19)15-10-13(18)12-6-5-11(9-14(12)22-15)21-8-4-3-7-17/h5-6,9-10H,2-4,7-8H2,1H3. The van der Waals surface area contributed by atoms with Crippen molar-refractivity contribution in [3.05, 3.63) is 40.2 Å². The quantitative estimate of drug-likeness (QED) is 0.444. The average Bonchev–Trinajstić information content (AvgIpc) is 2.51. The van der Waals surface area contributed by atoms with E-state index in [4.69, 9.17) is 25.5 Å². The van der Waals surface area contributed by atoms with E-state index < -0.39 is 5.97 Å². The van der Waals surface area contributed by atoms with E-state index in [1.54, 1.807) is 25.1 Å². The highest BCUT2D eigenvalue weighted by Gasteiger charge is 2.13. The van der Waals surface area contributed by atoms with Gasteiger partial charge in [-0.05, 0) is 31.9 Å². The van der Waals surface area contributed by atoms with Crippen LogP contribution in [0.25, 0.3) is 11.0 Å². The minimum atomic E-state index is -0.657. The number of benzene rings is 1. The zero-order valence-corrected chi connectivity index (χ0v) is 13.0. The lowest BCUT2D eigenvalue weighted by Crippen LogP contribution is -2.10. The molecule has 2 rings (SSSR count). The minimum Gasteiger partial charge on any atom is -0.493 e. The molecule has 118 valence electrons. The third-order valence-electron chi connectivity index (χ3n) is 2.97. The summed E-state index contributed by atoms with van der Waals surface area (Å²) in [5.74, 6) is 0.401. The second kappa shape index (κ2) is 7.84. The molecule has 0 saturated carbocycles. The average molecular weight is 325 g/mol. The maximum Gasteiger partial charge on any atom is 0.374 e. The molecule has 0 N–H and O–H groups in total. The van der Waals surface area contributed by atoms with E-state index in [2.05, 4.69) is 0 Å². The summed E-state index contributed by atoms with van der Waals surface area (Å²) < 4.78 is 15.9. The van der Waals surface area contributed by atoms with E-state index in [0.29, 0.717) is 29.2 Å². The van der Waals surface area contributed by atoms with E-state index in [1.807, 2.05) is 0 Å². The van der Waals surface area contributed by atoms with Crippen LogP contribution in [0.5, 0.6) is 5.75 Å². The van der Waals surface area contributed by atoms with E-state index in [-0.39, 0.29) is 17.8 Å². The van der Waals surface area contributed by atoms with Crippen molar-refractivity contribution in [2.75, 3.05) is 19.1 Å². The summed E-state index contributed by atoms with van der Waals surface area (Å²) in [6.45, 7) is 2.42. The molecule has 1 heterocycles. The second-order valence-corrected chi connectivity index (χ2v) is 4.98. The van der Waals surface area contributed by atoms with Crippen LogP contribution in [0.15, 0.2) is 33.5 Å². The number of esters is 1. The van der Waals surface area contributed by atoms with Crippen molar-refractivity contribution in [2.24, 2.45) is 0 Å². The Bertz CT molecular complexity index is 707. The third-order valence-corrected chi connectivity index (χ3v) is 3.24. The van der Waals surface area contributed by atoms with Gasteiger partial charge in [-0.15, -0.1) is 11.6 Å². The van der Waals surface area contributed by atoms with Crippen LogP contribution in [0.1, 0.15) is 30.3 Å². The molecule has 0 aliphatic carbocycles. The highest BCUT2D eigenvalue weighted by atomic mass is 35.5. The van der Waals surface area contributed by atoms with Crippen molar-refractivity contribution in [1.29, 1.82) is 0 Å². The normalized spacial score (nSPS) is 10.6. The number of rotatable bonds is 7. The fourth-order valence-corrected chi connectivity index (χ4v) is 2.10. The number of carbonyl (C=O) groups is 1. The molecule has 0 unspecified atom stereocenters. The highest BCUT2D eigenvalue weighted by molar-refractivity contribution is 6.17. The Morgan fingerprint density at radius 2 is 2.09 bits per heavy atom. The number of alkyl halides is 1. The molecule has 0 saturated heterocycles. The smallest absolute Gasteiger partial charge is 0.374 e. The van der Waals surface area contributed by atoms with Crippen LogP contribution >= 0.6 is 11.6 Å². The molecule has 0 amide bonds. The number of hydrogen-bond acceptors (Lipinski definition) is 5. The first-order chi connectivity index (χ1) is 10.7. The lowest BCUT2D eigenvalue weighted by molar-refractivity contribution is 0.0490. The number of carbonyl (C=O) groups excluding carboxylic acids is 1. The van der Waals surface area contributed by atoms with Crippen molar-refractivity contribution in [3.63, 3.8) is 0 Å². The van der Waals surface area contributed by atoms with Crippen LogP contribution in [0.4, 0.5) is 0 Å². The van der Waals surface area contributed by atoms with E-state index >= 15 is 0 Å². The molecule has 0 aliphatic rings. The first-order valence-corrected chi connectivity index (χ1v) is 7.63. The van der Waals surface area contributed by atoms with Crippen molar-refractivity contribution in [2.45, 2.75) is 19.8 Å². The van der Waals surface area contributed by atoms with Crippen molar-refractivity contribution in [1.82, 2.24) is 0 Å². The van der Waals surface area contributed by atoms with Gasteiger partial charge >= 0.3 is 5.97 Å². The SMILES string of the molecule is CCOC(=O)c1cc(=O)c2ccc(OCCCCCl)cc2o1. The first-order valence-electron chi connectivity index (χ1n) is 7.09. The number of ether oxygens (including phenoxy) is 2. The van der Waals surface area contributed by atoms with Gasteiger partial charge in [-0.1, -0.05) is 0 Å². The van der Waals surface area contributed by atoms with Crippen LogP contribution < -0.4 is 10.2 Å². The van der Waals surface area contributed by atoms with Gasteiger partial charge in [0.1, 0.15) is 11.3 Å². The van der Waals surface area contributed by atoms with Crippen LogP contribution in [0.2, 0.25) is 0 Å². The van der Waals surface area contributed by atoms with Crippen molar-refractivity contribution in [3.8, 4) is 5.75 Å². The predicted octanol–water partition coefficient (Wildman–Crippen LogP) is 3.37. The molecule has 0 atom stereocenters. The highest BCUT2D eigenvalue weighted by Crippen LogP contribution is 2.20. The van der Waals surface area contributed by atoms with Crippen LogP contribution in [-0.4, -0.2) is 25.1 Å². The first kappa shape index (κ1) is 16.4. The Morgan fingerprint density at radius 1 is 1.27 bits per heavy atom. The fourth-order valence-electron chi connectivity index (χ4n) is 1.91. The van der Waals surface area contributed by atoms with Gasteiger partial charge in [-0.2, -0.15) is 0 Å². The van der Waals surface area contributed by atoms with Crippen molar-refractivity contribution >= 4 is 28.5 Å². The zero-order chi connectivity index (χ0) is 15.9. The molecule has 5 nitrogen and oxygen atoms in total. The molecule has 0 spiro atoms. The molecular weight excluding hydrogens is 308 g/mol. The molecule has 1 aromatic carbocycles. The van der Waals surface area contributed by atoms with Gasteiger partial charge in [-0.3, -0.25) is 4.79 Å². The summed E-state index contributed by atoms with van der Waals surface area (Å²) in [5.41, 5.74) is 0.00314. The number of hydrogen-bond donors (Lipinski definition) is 0. The van der Waals surface area contributed by atoms with E-state index in [9.17, 15) is 9.59 Å². The van der Waals surface area contributed by atoms with Gasteiger partial charge in [0, 0.05) is 18.0 Å². The summed E-state index contributed by atoms with van der Waals surface area (Å²) in [7, 11) is 0. The Morgan fingerprint density at radius 3 is 2.82 bits per heavy atom. The molecule has 22 heavy (non-hydrogen) atoms. The summed E-state index contributed by atoms with van der Waals surface area (Å²) in [5, 5.41) is 0.390. The maximum atomic E-state index is 12.0. The largest absolute Gasteiger partial charge is 0.493 e. The Kier molecular flexibility index (Phi) is 5.83. The van der Waals surface area contributed by atoms with Gasteiger partial charge < -0.3 is 13.9 Å². The van der Waals surface area contributed by atoms with Gasteiger partial charge in [0.2, 0.25) is 5.76 Å². The fraction of sp³-hybridized carbons (Fsp3) is 0.375. The lowest BCUT2D eigenvalue weighted by atomic mass is 10.2. The van der Waals surface area contributed by atoms with Gasteiger partial charge in [0.25, 0.3) is 0 Å². The van der Waals surface area contributed by atoms with Crippen LogP contribution in [0, 0.1) is 0 Å². The van der Waals surface area contributed by atoms with Gasteiger partial charge in [0.15, 0.2) is 5.43 Å². The number of halogens is 1. The monoisotopic (exact) mass is 324 g/mol. The summed E-state index contributed by atoms with van der Waals surface area (Å²) in [6, 6.07) is 6.05.